The fourth-order valence-electron chi connectivity index (χ4n) is 4.16. The Hall–Kier alpha value is -3.79. The van der Waals surface area contributed by atoms with Gasteiger partial charge in [-0.1, -0.05) is 62.2 Å². The number of carbonyl (C=O) groups excluding carboxylic acids is 3. The molecule has 3 unspecified atom stereocenters. The van der Waals surface area contributed by atoms with E-state index in [1.807, 2.05) is 37.3 Å². The van der Waals surface area contributed by atoms with Crippen molar-refractivity contribution in [2.45, 2.75) is 91.6 Å². The van der Waals surface area contributed by atoms with Crippen molar-refractivity contribution >= 4 is 17.9 Å². The Bertz CT molecular complexity index is 1130. The van der Waals surface area contributed by atoms with E-state index >= 15 is 0 Å². The molecule has 7 nitrogen and oxygen atoms in total. The van der Waals surface area contributed by atoms with Gasteiger partial charge in [-0.25, -0.2) is 4.79 Å². The van der Waals surface area contributed by atoms with Crippen LogP contribution < -0.4 is 10.6 Å². The second-order valence-electron chi connectivity index (χ2n) is 11.3. The van der Waals surface area contributed by atoms with Crippen molar-refractivity contribution in [1.82, 2.24) is 15.5 Å². The third-order valence-electron chi connectivity index (χ3n) is 6.22. The number of benzene rings is 2. The summed E-state index contributed by atoms with van der Waals surface area (Å²) >= 11 is 0. The molecule has 3 amide bonds. The van der Waals surface area contributed by atoms with Crippen LogP contribution in [0.5, 0.6) is 0 Å². The van der Waals surface area contributed by atoms with Gasteiger partial charge in [0.25, 0.3) is 0 Å². The first-order valence-corrected chi connectivity index (χ1v) is 13.5. The molecule has 3 atom stereocenters. The fraction of sp³-hybridized carbons (Fsp3) is 0.469. The minimum Gasteiger partial charge on any atom is -0.444 e. The fourth-order valence-corrected chi connectivity index (χ4v) is 4.16. The summed E-state index contributed by atoms with van der Waals surface area (Å²) in [4.78, 5) is 41.9. The molecule has 2 rings (SSSR count). The van der Waals surface area contributed by atoms with Gasteiger partial charge in [-0.3, -0.25) is 9.59 Å². The Morgan fingerprint density at radius 2 is 1.56 bits per heavy atom. The minimum absolute atomic E-state index is 0.289. The van der Waals surface area contributed by atoms with E-state index in [0.29, 0.717) is 30.0 Å². The van der Waals surface area contributed by atoms with Crippen molar-refractivity contribution in [2.75, 3.05) is 0 Å². The van der Waals surface area contributed by atoms with E-state index in [1.165, 1.54) is 0 Å². The minimum atomic E-state index is -0.932. The molecule has 0 radical (unpaired) electrons. The summed E-state index contributed by atoms with van der Waals surface area (Å²) in [6.07, 6.45) is 6.42. The van der Waals surface area contributed by atoms with E-state index in [4.69, 9.17) is 11.2 Å². The normalized spacial score (nSPS) is 13.5. The highest BCUT2D eigenvalue weighted by Crippen LogP contribution is 2.28. The van der Waals surface area contributed by atoms with Gasteiger partial charge in [0, 0.05) is 18.2 Å². The first-order chi connectivity index (χ1) is 18.3. The van der Waals surface area contributed by atoms with Crippen molar-refractivity contribution in [1.29, 1.82) is 0 Å². The van der Waals surface area contributed by atoms with Crippen molar-refractivity contribution in [2.24, 2.45) is 5.92 Å². The number of carbonyl (C=O) groups is 3. The Labute approximate surface area is 233 Å². The number of nitrogens with zero attached hydrogens (tertiary/aromatic N) is 1. The molecular formula is C32H43N3O4. The maximum Gasteiger partial charge on any atom is 0.408 e. The molecule has 0 aliphatic carbocycles. The number of hydrogen-bond acceptors (Lipinski definition) is 4. The van der Waals surface area contributed by atoms with E-state index in [-0.39, 0.29) is 17.9 Å². The highest BCUT2D eigenvalue weighted by molar-refractivity contribution is 5.92. The predicted octanol–water partition coefficient (Wildman–Crippen LogP) is 5.59. The van der Waals surface area contributed by atoms with Crippen LogP contribution in [-0.2, 0) is 20.9 Å². The molecule has 0 bridgehead atoms. The van der Waals surface area contributed by atoms with Gasteiger partial charge in [-0.15, -0.1) is 6.42 Å². The van der Waals surface area contributed by atoms with Crippen LogP contribution in [0.2, 0.25) is 0 Å². The summed E-state index contributed by atoms with van der Waals surface area (Å²) in [7, 11) is 0. The zero-order valence-corrected chi connectivity index (χ0v) is 24.3. The maximum absolute atomic E-state index is 14.0. The summed E-state index contributed by atoms with van der Waals surface area (Å²) < 4.78 is 5.36. The number of terminal acetylenes is 1. The van der Waals surface area contributed by atoms with Crippen LogP contribution in [0.15, 0.2) is 54.6 Å². The van der Waals surface area contributed by atoms with Crippen LogP contribution in [0.1, 0.15) is 84.0 Å². The lowest BCUT2D eigenvalue weighted by Crippen LogP contribution is -2.54. The molecule has 2 aromatic carbocycles. The molecular weight excluding hydrogens is 490 g/mol. The van der Waals surface area contributed by atoms with Crippen LogP contribution >= 0.6 is 0 Å². The molecule has 7 heteroatoms. The molecule has 210 valence electrons. The van der Waals surface area contributed by atoms with Crippen LogP contribution in [0.3, 0.4) is 0 Å². The lowest BCUT2D eigenvalue weighted by molar-refractivity contribution is -0.145. The van der Waals surface area contributed by atoms with Crippen molar-refractivity contribution in [3.8, 4) is 12.3 Å². The molecule has 0 aliphatic heterocycles. The Kier molecular flexibility index (Phi) is 11.6. The van der Waals surface area contributed by atoms with E-state index in [9.17, 15) is 14.4 Å². The highest BCUT2D eigenvalue weighted by atomic mass is 16.6. The van der Waals surface area contributed by atoms with Crippen LogP contribution in [0, 0.1) is 18.3 Å². The summed E-state index contributed by atoms with van der Waals surface area (Å²) in [6, 6.07) is 14.5. The number of rotatable bonds is 11. The van der Waals surface area contributed by atoms with Gasteiger partial charge in [-0.05, 0) is 76.6 Å². The van der Waals surface area contributed by atoms with Gasteiger partial charge in [0.15, 0.2) is 0 Å². The average molecular weight is 534 g/mol. The van der Waals surface area contributed by atoms with E-state index in [0.717, 1.165) is 12.0 Å². The second kappa shape index (κ2) is 14.4. The van der Waals surface area contributed by atoms with Gasteiger partial charge < -0.3 is 20.3 Å². The van der Waals surface area contributed by atoms with Crippen LogP contribution in [0.4, 0.5) is 4.79 Å². The van der Waals surface area contributed by atoms with Gasteiger partial charge >= 0.3 is 6.09 Å². The number of ether oxygens (including phenoxy) is 1. The molecule has 2 aromatic rings. The quantitative estimate of drug-likeness (QED) is 0.369. The molecule has 39 heavy (non-hydrogen) atoms. The number of amides is 3. The van der Waals surface area contributed by atoms with Crippen molar-refractivity contribution in [3.05, 3.63) is 71.3 Å². The van der Waals surface area contributed by atoms with Gasteiger partial charge in [-0.2, -0.15) is 0 Å². The summed E-state index contributed by atoms with van der Waals surface area (Å²) in [5.74, 6) is 2.32. The second-order valence-corrected chi connectivity index (χ2v) is 11.3. The molecule has 0 saturated carbocycles. The van der Waals surface area contributed by atoms with E-state index < -0.39 is 23.8 Å². The smallest absolute Gasteiger partial charge is 0.408 e. The molecule has 0 aromatic heterocycles. The highest BCUT2D eigenvalue weighted by Gasteiger charge is 2.37. The molecule has 2 N–H and O–H groups in total. The average Bonchev–Trinajstić information content (AvgIpc) is 2.88. The third kappa shape index (κ3) is 10.1. The molecule has 0 fully saturated rings. The van der Waals surface area contributed by atoms with Gasteiger partial charge in [0.05, 0.1) is 0 Å². The zero-order valence-electron chi connectivity index (χ0n) is 24.3. The number of hydrogen-bond donors (Lipinski definition) is 2. The molecule has 0 spiro atoms. The Balaban J connectivity index is 2.46. The van der Waals surface area contributed by atoms with Crippen molar-refractivity contribution in [3.63, 3.8) is 0 Å². The van der Waals surface area contributed by atoms with Crippen LogP contribution in [0.25, 0.3) is 0 Å². The summed E-state index contributed by atoms with van der Waals surface area (Å²) in [6.45, 7) is 13.4. The lowest BCUT2D eigenvalue weighted by Gasteiger charge is -2.38. The number of nitrogens with one attached hydrogen (secondary N) is 2. The molecule has 0 heterocycles. The van der Waals surface area contributed by atoms with E-state index in [2.05, 4.69) is 30.4 Å². The lowest BCUT2D eigenvalue weighted by atomic mass is 9.96. The standard InChI is InChI=1S/C32H43N3O4/c1-9-25-17-19-27(20-18-25)28(29(36)33-21-26-13-11-10-12-14-26)35(23(4)16-15-22(2)3)30(37)24(5)34-31(38)39-32(6,7)8/h1,10-14,17-20,22-24,28H,15-16,21H2,2-8H3,(H,33,36)(H,34,38). The van der Waals surface area contributed by atoms with Gasteiger partial charge in [0.1, 0.15) is 17.7 Å². The largest absolute Gasteiger partial charge is 0.444 e. The predicted molar refractivity (Wildman–Crippen MR) is 155 cm³/mol. The first kappa shape index (κ1) is 31.4. The van der Waals surface area contributed by atoms with Gasteiger partial charge in [0.2, 0.25) is 11.8 Å². The Morgan fingerprint density at radius 3 is 2.10 bits per heavy atom. The Morgan fingerprint density at radius 1 is 0.949 bits per heavy atom. The SMILES string of the molecule is C#Cc1ccc(C(C(=O)NCc2ccccc2)N(C(=O)C(C)NC(=O)OC(C)(C)C)C(C)CCC(C)C)cc1. The maximum atomic E-state index is 14.0. The van der Waals surface area contributed by atoms with Crippen molar-refractivity contribution < 1.29 is 19.1 Å². The number of alkyl carbamates (subject to hydrolysis) is 1. The topological polar surface area (TPSA) is 87.7 Å². The first-order valence-electron chi connectivity index (χ1n) is 13.5. The third-order valence-corrected chi connectivity index (χ3v) is 6.22. The summed E-state index contributed by atoms with van der Waals surface area (Å²) in [5, 5.41) is 5.65. The van der Waals surface area contributed by atoms with E-state index in [1.54, 1.807) is 56.9 Å². The van der Waals surface area contributed by atoms with Crippen LogP contribution in [-0.4, -0.2) is 40.5 Å². The molecule has 0 aliphatic rings. The summed E-state index contributed by atoms with van der Waals surface area (Å²) in [5.41, 5.74) is 1.54. The molecule has 0 saturated heterocycles. The zero-order chi connectivity index (χ0) is 29.2. The monoisotopic (exact) mass is 533 g/mol.